The molecule has 1 saturated carbocycles. The number of rotatable bonds is 6. The summed E-state index contributed by atoms with van der Waals surface area (Å²) in [5, 5.41) is 2.93. The van der Waals surface area contributed by atoms with Gasteiger partial charge in [-0.1, -0.05) is 31.7 Å². The topological polar surface area (TPSA) is 42.0 Å². The highest BCUT2D eigenvalue weighted by Crippen LogP contribution is 2.28. The van der Waals surface area contributed by atoms with Gasteiger partial charge in [0.25, 0.3) is 0 Å². The van der Waals surface area contributed by atoms with E-state index in [-0.39, 0.29) is 5.91 Å². The van der Waals surface area contributed by atoms with E-state index in [1.807, 2.05) is 12.1 Å². The Balaban J connectivity index is 1.60. The fourth-order valence-corrected chi connectivity index (χ4v) is 2.61. The Hall–Kier alpha value is -1.64. The van der Waals surface area contributed by atoms with Crippen molar-refractivity contribution in [1.82, 2.24) is 10.3 Å². The SMILES string of the molecule is O=C(/C=C/c1cccnc1)NCCCC1CCCC1. The van der Waals surface area contributed by atoms with Crippen molar-refractivity contribution in [3.8, 4) is 0 Å². The van der Waals surface area contributed by atoms with Crippen molar-refractivity contribution in [2.75, 3.05) is 6.54 Å². The molecule has 0 bridgehead atoms. The van der Waals surface area contributed by atoms with Crippen LogP contribution in [0.4, 0.5) is 0 Å². The number of amides is 1. The highest BCUT2D eigenvalue weighted by atomic mass is 16.1. The van der Waals surface area contributed by atoms with Gasteiger partial charge in [0.1, 0.15) is 0 Å². The van der Waals surface area contributed by atoms with Crippen molar-refractivity contribution < 1.29 is 4.79 Å². The van der Waals surface area contributed by atoms with Gasteiger partial charge in [0.05, 0.1) is 0 Å². The van der Waals surface area contributed by atoms with E-state index in [9.17, 15) is 4.79 Å². The zero-order chi connectivity index (χ0) is 13.3. The molecule has 102 valence electrons. The Morgan fingerprint density at radius 1 is 1.42 bits per heavy atom. The van der Waals surface area contributed by atoms with E-state index in [0.717, 1.165) is 24.4 Å². The van der Waals surface area contributed by atoms with Crippen LogP contribution >= 0.6 is 0 Å². The van der Waals surface area contributed by atoms with E-state index in [1.54, 1.807) is 24.5 Å². The summed E-state index contributed by atoms with van der Waals surface area (Å²) in [5.41, 5.74) is 0.948. The molecule has 1 N–H and O–H groups in total. The highest BCUT2D eigenvalue weighted by Gasteiger charge is 2.13. The zero-order valence-corrected chi connectivity index (χ0v) is 11.3. The van der Waals surface area contributed by atoms with Crippen molar-refractivity contribution in [3.05, 3.63) is 36.2 Å². The molecule has 2 rings (SSSR count). The van der Waals surface area contributed by atoms with Gasteiger partial charge in [-0.2, -0.15) is 0 Å². The molecular formula is C16H22N2O. The fourth-order valence-electron chi connectivity index (χ4n) is 2.61. The van der Waals surface area contributed by atoms with Crippen molar-refractivity contribution in [3.63, 3.8) is 0 Å². The summed E-state index contributed by atoms with van der Waals surface area (Å²) in [6.45, 7) is 0.784. The molecule has 1 aromatic rings. The second kappa shape index (κ2) is 7.72. The fraction of sp³-hybridized carbons (Fsp3) is 0.500. The molecule has 1 aliphatic carbocycles. The smallest absolute Gasteiger partial charge is 0.243 e. The van der Waals surface area contributed by atoms with E-state index in [0.29, 0.717) is 0 Å². The summed E-state index contributed by atoms with van der Waals surface area (Å²) in [5.74, 6) is 0.887. The molecule has 1 fully saturated rings. The number of carbonyl (C=O) groups is 1. The summed E-state index contributed by atoms with van der Waals surface area (Å²) in [7, 11) is 0. The Bertz CT molecular complexity index is 408. The lowest BCUT2D eigenvalue weighted by molar-refractivity contribution is -0.116. The number of nitrogens with zero attached hydrogens (tertiary/aromatic N) is 1. The average molecular weight is 258 g/mol. The first-order valence-corrected chi connectivity index (χ1v) is 7.20. The quantitative estimate of drug-likeness (QED) is 0.629. The second-order valence-corrected chi connectivity index (χ2v) is 5.20. The maximum atomic E-state index is 11.6. The lowest BCUT2D eigenvalue weighted by Crippen LogP contribution is -2.22. The van der Waals surface area contributed by atoms with Crippen LogP contribution in [0.2, 0.25) is 0 Å². The van der Waals surface area contributed by atoms with Crippen molar-refractivity contribution in [2.45, 2.75) is 38.5 Å². The van der Waals surface area contributed by atoms with Crippen LogP contribution < -0.4 is 5.32 Å². The second-order valence-electron chi connectivity index (χ2n) is 5.20. The molecule has 0 aromatic carbocycles. The van der Waals surface area contributed by atoms with E-state index in [2.05, 4.69) is 10.3 Å². The number of nitrogens with one attached hydrogen (secondary N) is 1. The monoisotopic (exact) mass is 258 g/mol. The van der Waals surface area contributed by atoms with Gasteiger partial charge in [0.2, 0.25) is 5.91 Å². The van der Waals surface area contributed by atoms with Crippen LogP contribution in [-0.2, 0) is 4.79 Å². The summed E-state index contributed by atoms with van der Waals surface area (Å²) >= 11 is 0. The minimum absolute atomic E-state index is 0.0183. The third kappa shape index (κ3) is 5.25. The first-order chi connectivity index (χ1) is 9.34. The summed E-state index contributed by atoms with van der Waals surface area (Å²) in [6, 6.07) is 3.79. The maximum absolute atomic E-state index is 11.6. The molecule has 1 aromatic heterocycles. The van der Waals surface area contributed by atoms with E-state index in [1.165, 1.54) is 32.1 Å². The van der Waals surface area contributed by atoms with Crippen LogP contribution in [0.25, 0.3) is 6.08 Å². The van der Waals surface area contributed by atoms with E-state index in [4.69, 9.17) is 0 Å². The molecule has 0 saturated heterocycles. The first kappa shape index (κ1) is 13.8. The van der Waals surface area contributed by atoms with Crippen LogP contribution in [0.5, 0.6) is 0 Å². The highest BCUT2D eigenvalue weighted by molar-refractivity contribution is 5.91. The molecule has 0 atom stereocenters. The molecule has 3 heteroatoms. The van der Waals surface area contributed by atoms with Gasteiger partial charge in [-0.25, -0.2) is 0 Å². The maximum Gasteiger partial charge on any atom is 0.243 e. The lowest BCUT2D eigenvalue weighted by Gasteiger charge is -2.08. The minimum Gasteiger partial charge on any atom is -0.353 e. The minimum atomic E-state index is -0.0183. The number of hydrogen-bond donors (Lipinski definition) is 1. The van der Waals surface area contributed by atoms with Crippen LogP contribution in [0.15, 0.2) is 30.6 Å². The molecule has 19 heavy (non-hydrogen) atoms. The van der Waals surface area contributed by atoms with Gasteiger partial charge in [-0.05, 0) is 36.5 Å². The van der Waals surface area contributed by atoms with Gasteiger partial charge in [-0.3, -0.25) is 9.78 Å². The summed E-state index contributed by atoms with van der Waals surface area (Å²) in [4.78, 5) is 15.6. The Labute approximate surface area is 115 Å². The number of hydrogen-bond acceptors (Lipinski definition) is 2. The van der Waals surface area contributed by atoms with E-state index >= 15 is 0 Å². The summed E-state index contributed by atoms with van der Waals surface area (Å²) in [6.07, 6.45) is 14.7. The van der Waals surface area contributed by atoms with Crippen molar-refractivity contribution in [1.29, 1.82) is 0 Å². The van der Waals surface area contributed by atoms with Crippen molar-refractivity contribution >= 4 is 12.0 Å². The van der Waals surface area contributed by atoms with Gasteiger partial charge >= 0.3 is 0 Å². The van der Waals surface area contributed by atoms with E-state index < -0.39 is 0 Å². The van der Waals surface area contributed by atoms with Crippen molar-refractivity contribution in [2.24, 2.45) is 5.92 Å². The number of pyridine rings is 1. The standard InChI is InChI=1S/C16H22N2O/c19-16(10-9-15-8-3-11-17-13-15)18-12-4-7-14-5-1-2-6-14/h3,8-11,13-14H,1-2,4-7,12H2,(H,18,19)/b10-9+. The Kier molecular flexibility index (Phi) is 5.60. The predicted octanol–water partition coefficient (Wildman–Crippen LogP) is 3.18. The third-order valence-corrected chi connectivity index (χ3v) is 3.67. The van der Waals surface area contributed by atoms with Crippen LogP contribution in [0.1, 0.15) is 44.1 Å². The van der Waals surface area contributed by atoms with Crippen LogP contribution in [0, 0.1) is 5.92 Å². The molecule has 0 aliphatic heterocycles. The molecule has 0 spiro atoms. The number of carbonyl (C=O) groups excluding carboxylic acids is 1. The van der Waals surface area contributed by atoms with Gasteiger partial charge in [0.15, 0.2) is 0 Å². The normalized spacial score (nSPS) is 16.0. The molecule has 1 aliphatic rings. The van der Waals surface area contributed by atoms with Gasteiger partial charge in [-0.15, -0.1) is 0 Å². The summed E-state index contributed by atoms with van der Waals surface area (Å²) < 4.78 is 0. The molecule has 1 heterocycles. The predicted molar refractivity (Wildman–Crippen MR) is 77.5 cm³/mol. The Morgan fingerprint density at radius 2 is 2.26 bits per heavy atom. The largest absolute Gasteiger partial charge is 0.353 e. The average Bonchev–Trinajstić information content (AvgIpc) is 2.96. The lowest BCUT2D eigenvalue weighted by atomic mass is 10.0. The molecule has 0 radical (unpaired) electrons. The Morgan fingerprint density at radius 3 is 3.00 bits per heavy atom. The third-order valence-electron chi connectivity index (χ3n) is 3.67. The molecule has 0 unspecified atom stereocenters. The number of aromatic nitrogens is 1. The molecule has 3 nitrogen and oxygen atoms in total. The molecule has 1 amide bonds. The first-order valence-electron chi connectivity index (χ1n) is 7.20. The zero-order valence-electron chi connectivity index (χ0n) is 11.3. The van der Waals surface area contributed by atoms with Gasteiger partial charge in [0, 0.05) is 25.0 Å². The molecular weight excluding hydrogens is 236 g/mol. The van der Waals surface area contributed by atoms with Gasteiger partial charge < -0.3 is 5.32 Å². The van der Waals surface area contributed by atoms with Crippen LogP contribution in [0.3, 0.4) is 0 Å². The van der Waals surface area contributed by atoms with Crippen LogP contribution in [-0.4, -0.2) is 17.4 Å².